The summed E-state index contributed by atoms with van der Waals surface area (Å²) in [6.07, 6.45) is 0. The zero-order valence-electron chi connectivity index (χ0n) is 10.8. The van der Waals surface area contributed by atoms with Crippen LogP contribution in [0.2, 0.25) is 0 Å². The second kappa shape index (κ2) is 5.51. The number of aliphatic carboxylic acids is 1. The summed E-state index contributed by atoms with van der Waals surface area (Å²) in [7, 11) is 1.74. The molecule has 6 nitrogen and oxygen atoms in total. The molecule has 1 atom stereocenters. The Kier molecular flexibility index (Phi) is 3.79. The quantitative estimate of drug-likeness (QED) is 0.885. The first-order valence-electron chi connectivity index (χ1n) is 5.91. The lowest BCUT2D eigenvalue weighted by Crippen LogP contribution is -2.29. The Balaban J connectivity index is 2.11. The number of nitrogens with zero attached hydrogens (tertiary/aromatic N) is 3. The summed E-state index contributed by atoms with van der Waals surface area (Å²) < 4.78 is 5.16. The van der Waals surface area contributed by atoms with Crippen molar-refractivity contribution in [1.82, 2.24) is 10.1 Å². The van der Waals surface area contributed by atoms with Gasteiger partial charge in [0, 0.05) is 19.2 Å². The number of carboxylic acid groups (broad SMARTS) is 1. The fourth-order valence-corrected chi connectivity index (χ4v) is 1.64. The number of anilines is 1. The average Bonchev–Trinajstić information content (AvgIpc) is 2.89. The van der Waals surface area contributed by atoms with Crippen LogP contribution < -0.4 is 4.90 Å². The fourth-order valence-electron chi connectivity index (χ4n) is 1.64. The molecule has 0 aliphatic rings. The molecule has 0 radical (unpaired) electrons. The number of hydrogen-bond donors (Lipinski definition) is 1. The molecule has 1 unspecified atom stereocenters. The molecule has 0 aliphatic carbocycles. The zero-order chi connectivity index (χ0) is 13.8. The van der Waals surface area contributed by atoms with E-state index in [0.717, 1.165) is 5.56 Å². The van der Waals surface area contributed by atoms with Crippen molar-refractivity contribution in [2.75, 3.05) is 18.5 Å². The highest BCUT2D eigenvalue weighted by atomic mass is 16.5. The van der Waals surface area contributed by atoms with E-state index >= 15 is 0 Å². The molecule has 0 saturated heterocycles. The number of hydrogen-bond acceptors (Lipinski definition) is 5. The van der Waals surface area contributed by atoms with E-state index in [1.165, 1.54) is 0 Å². The van der Waals surface area contributed by atoms with E-state index in [4.69, 9.17) is 9.63 Å². The van der Waals surface area contributed by atoms with Gasteiger partial charge in [-0.25, -0.2) is 0 Å². The predicted octanol–water partition coefficient (Wildman–Crippen LogP) is 1.89. The van der Waals surface area contributed by atoms with Gasteiger partial charge in [0.05, 0.1) is 5.92 Å². The minimum absolute atomic E-state index is 0.323. The Labute approximate surface area is 110 Å². The molecule has 1 N–H and O–H groups in total. The number of aromatic nitrogens is 2. The third-order valence-electron chi connectivity index (χ3n) is 2.75. The van der Waals surface area contributed by atoms with Gasteiger partial charge in [0.25, 0.3) is 11.8 Å². The van der Waals surface area contributed by atoms with E-state index in [-0.39, 0.29) is 0 Å². The van der Waals surface area contributed by atoms with Gasteiger partial charge in [-0.15, -0.1) is 0 Å². The number of carboxylic acids is 1. The maximum Gasteiger partial charge on any atom is 0.308 e. The van der Waals surface area contributed by atoms with Crippen molar-refractivity contribution >= 4 is 11.9 Å². The molecule has 0 spiro atoms. The van der Waals surface area contributed by atoms with E-state index in [1.807, 2.05) is 30.3 Å². The molecular formula is C13H15N3O3. The van der Waals surface area contributed by atoms with Gasteiger partial charge in [0.1, 0.15) is 0 Å². The van der Waals surface area contributed by atoms with Crippen molar-refractivity contribution in [3.8, 4) is 11.5 Å². The molecule has 6 heteroatoms. The van der Waals surface area contributed by atoms with E-state index in [0.29, 0.717) is 18.4 Å². The zero-order valence-corrected chi connectivity index (χ0v) is 10.8. The van der Waals surface area contributed by atoms with Crippen LogP contribution in [0.1, 0.15) is 6.92 Å². The minimum atomic E-state index is -0.848. The number of rotatable bonds is 5. The summed E-state index contributed by atoms with van der Waals surface area (Å²) in [6.45, 7) is 1.96. The van der Waals surface area contributed by atoms with Gasteiger partial charge < -0.3 is 14.5 Å². The van der Waals surface area contributed by atoms with Crippen LogP contribution in [0, 0.1) is 5.92 Å². The van der Waals surface area contributed by atoms with Gasteiger partial charge >= 0.3 is 5.97 Å². The maximum atomic E-state index is 10.8. The van der Waals surface area contributed by atoms with Crippen LogP contribution in [0.15, 0.2) is 34.9 Å². The fraction of sp³-hybridized carbons (Fsp3) is 0.308. The molecule has 2 aromatic rings. The first-order chi connectivity index (χ1) is 9.08. The van der Waals surface area contributed by atoms with E-state index in [2.05, 4.69) is 10.1 Å². The molecule has 100 valence electrons. The summed E-state index contributed by atoms with van der Waals surface area (Å²) in [4.78, 5) is 16.7. The molecule has 0 aliphatic heterocycles. The molecule has 19 heavy (non-hydrogen) atoms. The van der Waals surface area contributed by atoms with Crippen molar-refractivity contribution in [3.63, 3.8) is 0 Å². The van der Waals surface area contributed by atoms with Crippen LogP contribution in [0.4, 0.5) is 5.95 Å². The first kappa shape index (κ1) is 13.1. The van der Waals surface area contributed by atoms with Gasteiger partial charge in [-0.1, -0.05) is 25.1 Å². The molecule has 0 amide bonds. The summed E-state index contributed by atoms with van der Waals surface area (Å²) >= 11 is 0. The Morgan fingerprint density at radius 1 is 1.42 bits per heavy atom. The monoisotopic (exact) mass is 261 g/mol. The van der Waals surface area contributed by atoms with Crippen LogP contribution >= 0.6 is 0 Å². The average molecular weight is 261 g/mol. The third-order valence-corrected chi connectivity index (χ3v) is 2.75. The third kappa shape index (κ3) is 3.09. The van der Waals surface area contributed by atoms with Crippen molar-refractivity contribution in [3.05, 3.63) is 30.3 Å². The minimum Gasteiger partial charge on any atom is -0.481 e. The summed E-state index contributed by atoms with van der Waals surface area (Å²) in [5.74, 6) is -0.542. The lowest BCUT2D eigenvalue weighted by atomic mass is 10.2. The van der Waals surface area contributed by atoms with E-state index in [1.54, 1.807) is 18.9 Å². The van der Waals surface area contributed by atoms with Crippen molar-refractivity contribution < 1.29 is 14.4 Å². The van der Waals surface area contributed by atoms with Crippen LogP contribution in [0.25, 0.3) is 11.5 Å². The topological polar surface area (TPSA) is 79.5 Å². The number of carbonyl (C=O) groups is 1. The Bertz CT molecular complexity index is 553. The summed E-state index contributed by atoms with van der Waals surface area (Å²) in [5.41, 5.74) is 0.834. The van der Waals surface area contributed by atoms with Crippen LogP contribution in [0.3, 0.4) is 0 Å². The van der Waals surface area contributed by atoms with Gasteiger partial charge in [0.15, 0.2) is 0 Å². The van der Waals surface area contributed by atoms with Gasteiger partial charge in [-0.05, 0) is 17.3 Å². The molecule has 0 bridgehead atoms. The van der Waals surface area contributed by atoms with Crippen LogP contribution in [-0.2, 0) is 4.79 Å². The summed E-state index contributed by atoms with van der Waals surface area (Å²) in [5, 5.41) is 12.7. The van der Waals surface area contributed by atoms with Crippen LogP contribution in [-0.4, -0.2) is 34.8 Å². The maximum absolute atomic E-state index is 10.8. The van der Waals surface area contributed by atoms with Crippen molar-refractivity contribution in [2.45, 2.75) is 6.92 Å². The highest BCUT2D eigenvalue weighted by Gasteiger charge is 2.17. The van der Waals surface area contributed by atoms with Gasteiger partial charge in [0.2, 0.25) is 0 Å². The van der Waals surface area contributed by atoms with E-state index < -0.39 is 11.9 Å². The van der Waals surface area contributed by atoms with Crippen molar-refractivity contribution in [1.29, 1.82) is 0 Å². The molecule has 0 saturated carbocycles. The lowest BCUT2D eigenvalue weighted by molar-refractivity contribution is -0.140. The second-order valence-corrected chi connectivity index (χ2v) is 4.39. The van der Waals surface area contributed by atoms with Gasteiger partial charge in [-0.2, -0.15) is 4.98 Å². The van der Waals surface area contributed by atoms with Crippen LogP contribution in [0.5, 0.6) is 0 Å². The highest BCUT2D eigenvalue weighted by Crippen LogP contribution is 2.19. The standard InChI is InChI=1S/C13H15N3O3/c1-9(12(17)18)8-16(2)13-14-11(19-15-13)10-6-4-3-5-7-10/h3-7,9H,8H2,1-2H3,(H,17,18). The normalized spacial score (nSPS) is 12.1. The van der Waals surface area contributed by atoms with Crippen molar-refractivity contribution in [2.24, 2.45) is 5.92 Å². The molecule has 0 fully saturated rings. The van der Waals surface area contributed by atoms with E-state index in [9.17, 15) is 4.79 Å². The Hall–Kier alpha value is -2.37. The predicted molar refractivity (Wildman–Crippen MR) is 69.8 cm³/mol. The molecular weight excluding hydrogens is 246 g/mol. The second-order valence-electron chi connectivity index (χ2n) is 4.39. The SMILES string of the molecule is CC(CN(C)c1noc(-c2ccccc2)n1)C(=O)O. The highest BCUT2D eigenvalue weighted by molar-refractivity contribution is 5.70. The molecule has 1 heterocycles. The first-order valence-corrected chi connectivity index (χ1v) is 5.91. The Morgan fingerprint density at radius 3 is 2.74 bits per heavy atom. The molecule has 2 rings (SSSR count). The Morgan fingerprint density at radius 2 is 2.11 bits per heavy atom. The number of benzene rings is 1. The molecule has 1 aromatic carbocycles. The largest absolute Gasteiger partial charge is 0.481 e. The van der Waals surface area contributed by atoms with Gasteiger partial charge in [-0.3, -0.25) is 4.79 Å². The summed E-state index contributed by atoms with van der Waals surface area (Å²) in [6, 6.07) is 9.42. The lowest BCUT2D eigenvalue weighted by Gasteiger charge is -2.16. The smallest absolute Gasteiger partial charge is 0.308 e. The molecule has 1 aromatic heterocycles.